The fourth-order valence-electron chi connectivity index (χ4n) is 4.73. The second-order valence-electron chi connectivity index (χ2n) is 11.0. The monoisotopic (exact) mass is 548 g/mol. The van der Waals surface area contributed by atoms with E-state index in [4.69, 9.17) is 9.72 Å². The average Bonchev–Trinajstić information content (AvgIpc) is 3.31. The molecular formula is C27H32N6O3SSi. The van der Waals surface area contributed by atoms with Crippen molar-refractivity contribution in [1.82, 2.24) is 19.6 Å². The lowest BCUT2D eigenvalue weighted by Gasteiger charge is -2.24. The molecule has 0 atom stereocenters. The molecular weight excluding hydrogens is 516 g/mol. The van der Waals surface area contributed by atoms with Gasteiger partial charge in [0.05, 0.1) is 28.9 Å². The molecule has 1 saturated heterocycles. The van der Waals surface area contributed by atoms with Gasteiger partial charge in [-0.2, -0.15) is 14.9 Å². The average molecular weight is 549 g/mol. The van der Waals surface area contributed by atoms with Crippen molar-refractivity contribution in [2.75, 3.05) is 30.2 Å². The van der Waals surface area contributed by atoms with Crippen LogP contribution in [0.4, 0.5) is 5.82 Å². The van der Waals surface area contributed by atoms with Crippen LogP contribution in [0.3, 0.4) is 0 Å². The van der Waals surface area contributed by atoms with Crippen LogP contribution in [-0.2, 0) is 14.6 Å². The molecule has 0 aliphatic carbocycles. The summed E-state index contributed by atoms with van der Waals surface area (Å²) < 4.78 is 31.7. The first-order valence-electron chi connectivity index (χ1n) is 12.8. The van der Waals surface area contributed by atoms with Crippen LogP contribution in [0.2, 0.25) is 25.7 Å². The molecule has 1 aliphatic heterocycles. The molecule has 3 aromatic heterocycles. The van der Waals surface area contributed by atoms with Gasteiger partial charge in [-0.3, -0.25) is 4.98 Å². The van der Waals surface area contributed by atoms with Crippen LogP contribution in [0, 0.1) is 11.3 Å². The van der Waals surface area contributed by atoms with Gasteiger partial charge in [-0.15, -0.1) is 0 Å². The number of rotatable bonds is 8. The molecule has 198 valence electrons. The Bertz CT molecular complexity index is 1620. The number of para-hydroxylation sites is 1. The fraction of sp³-hybridized carbons (Fsp3) is 0.407. The first-order chi connectivity index (χ1) is 18.1. The molecule has 0 radical (unpaired) electrons. The van der Waals surface area contributed by atoms with Crippen LogP contribution < -0.4 is 5.32 Å². The van der Waals surface area contributed by atoms with E-state index in [9.17, 15) is 13.7 Å². The Balaban J connectivity index is 1.57. The number of nitriles is 1. The van der Waals surface area contributed by atoms with E-state index in [1.54, 1.807) is 16.9 Å². The second-order valence-corrected chi connectivity index (χ2v) is 18.9. The van der Waals surface area contributed by atoms with Crippen molar-refractivity contribution in [2.24, 2.45) is 0 Å². The molecule has 5 rings (SSSR count). The molecule has 11 heteroatoms. The summed E-state index contributed by atoms with van der Waals surface area (Å²) in [5.41, 5.74) is 4.13. The minimum Gasteiger partial charge on any atom is -0.362 e. The predicted molar refractivity (Wildman–Crippen MR) is 152 cm³/mol. The molecule has 1 fully saturated rings. The Labute approximate surface area is 223 Å². The highest BCUT2D eigenvalue weighted by molar-refractivity contribution is 7.91. The predicted octanol–water partition coefficient (Wildman–Crippen LogP) is 4.83. The van der Waals surface area contributed by atoms with Gasteiger partial charge in [0.2, 0.25) is 0 Å². The number of nitrogens with zero attached hydrogens (tertiary/aromatic N) is 5. The largest absolute Gasteiger partial charge is 0.362 e. The Morgan fingerprint density at radius 2 is 1.95 bits per heavy atom. The summed E-state index contributed by atoms with van der Waals surface area (Å²) in [6.07, 6.45) is 4.42. The summed E-state index contributed by atoms with van der Waals surface area (Å²) in [5.74, 6) is 0.565. The topological polar surface area (TPSA) is 122 Å². The van der Waals surface area contributed by atoms with Gasteiger partial charge < -0.3 is 10.1 Å². The lowest BCUT2D eigenvalue weighted by atomic mass is 9.95. The Kier molecular flexibility index (Phi) is 7.22. The smallest absolute Gasteiger partial charge is 0.165 e. The summed E-state index contributed by atoms with van der Waals surface area (Å²) in [6.45, 7) is 7.76. The van der Waals surface area contributed by atoms with E-state index in [-0.39, 0.29) is 24.2 Å². The normalized spacial score (nSPS) is 16.1. The number of pyridine rings is 1. The summed E-state index contributed by atoms with van der Waals surface area (Å²) in [7, 11) is -4.29. The van der Waals surface area contributed by atoms with Gasteiger partial charge in [-0.1, -0.05) is 37.8 Å². The molecule has 1 N–H and O–H groups in total. The van der Waals surface area contributed by atoms with E-state index in [1.165, 1.54) is 0 Å². The highest BCUT2D eigenvalue weighted by Crippen LogP contribution is 2.35. The van der Waals surface area contributed by atoms with E-state index < -0.39 is 17.9 Å². The number of sulfone groups is 1. The third-order valence-electron chi connectivity index (χ3n) is 6.97. The van der Waals surface area contributed by atoms with Crippen LogP contribution in [0.5, 0.6) is 0 Å². The first-order valence-corrected chi connectivity index (χ1v) is 18.4. The minimum atomic E-state index is -3.06. The van der Waals surface area contributed by atoms with Gasteiger partial charge in [0, 0.05) is 43.3 Å². The van der Waals surface area contributed by atoms with Crippen LogP contribution >= 0.6 is 0 Å². The number of aromatic nitrogens is 4. The summed E-state index contributed by atoms with van der Waals surface area (Å²) in [5, 5.41) is 19.1. The molecule has 0 bridgehead atoms. The first kappa shape index (κ1) is 26.3. The molecule has 1 aliphatic rings. The van der Waals surface area contributed by atoms with Crippen molar-refractivity contribution in [1.29, 1.82) is 5.26 Å². The zero-order chi connectivity index (χ0) is 26.9. The Morgan fingerprint density at radius 3 is 2.68 bits per heavy atom. The summed E-state index contributed by atoms with van der Waals surface area (Å²) in [4.78, 5) is 9.55. The standard InChI is InChI=1S/C27H32N6O3SSi/c1-38(2,3)13-10-36-18-30-26-22(15-28)25(19-8-11-37(34,35)12-9-19)32-27-23(17-31-33(26)27)21-14-20-6-4-5-7-24(20)29-16-21/h4-7,14,16-17,19,30H,8-13,18H2,1-3H3. The quantitative estimate of drug-likeness (QED) is 0.189. The number of hydrogen-bond acceptors (Lipinski definition) is 8. The minimum absolute atomic E-state index is 0.0959. The van der Waals surface area contributed by atoms with Crippen molar-refractivity contribution < 1.29 is 13.2 Å². The Morgan fingerprint density at radius 1 is 1.18 bits per heavy atom. The molecule has 4 aromatic rings. The zero-order valence-corrected chi connectivity index (χ0v) is 23.8. The molecule has 0 spiro atoms. The van der Waals surface area contributed by atoms with E-state index >= 15 is 0 Å². The third kappa shape index (κ3) is 5.57. The van der Waals surface area contributed by atoms with Crippen molar-refractivity contribution in [3.63, 3.8) is 0 Å². The van der Waals surface area contributed by atoms with Crippen molar-refractivity contribution in [2.45, 2.75) is 44.4 Å². The number of hydrogen-bond donors (Lipinski definition) is 1. The van der Waals surface area contributed by atoms with Gasteiger partial charge in [0.1, 0.15) is 28.2 Å². The maximum absolute atomic E-state index is 12.1. The maximum Gasteiger partial charge on any atom is 0.165 e. The molecule has 0 amide bonds. The maximum atomic E-state index is 12.1. The molecule has 0 unspecified atom stereocenters. The molecule has 4 heterocycles. The van der Waals surface area contributed by atoms with Gasteiger partial charge in [0.25, 0.3) is 0 Å². The van der Waals surface area contributed by atoms with Crippen molar-refractivity contribution >= 4 is 40.3 Å². The summed E-state index contributed by atoms with van der Waals surface area (Å²) >= 11 is 0. The molecule has 1 aromatic carbocycles. The van der Waals surface area contributed by atoms with Crippen molar-refractivity contribution in [3.8, 4) is 17.2 Å². The van der Waals surface area contributed by atoms with E-state index in [0.717, 1.165) is 28.1 Å². The van der Waals surface area contributed by atoms with Gasteiger partial charge in [-0.25, -0.2) is 13.4 Å². The number of fused-ring (bicyclic) bond motifs is 2. The van der Waals surface area contributed by atoms with Crippen molar-refractivity contribution in [3.05, 3.63) is 54.0 Å². The zero-order valence-electron chi connectivity index (χ0n) is 21.9. The fourth-order valence-corrected chi connectivity index (χ4v) is 6.98. The van der Waals surface area contributed by atoms with Crippen LogP contribution in [0.1, 0.15) is 30.0 Å². The lowest BCUT2D eigenvalue weighted by molar-refractivity contribution is 0.165. The van der Waals surface area contributed by atoms with Crippen LogP contribution in [0.25, 0.3) is 27.7 Å². The lowest BCUT2D eigenvalue weighted by Crippen LogP contribution is -2.25. The summed E-state index contributed by atoms with van der Waals surface area (Å²) in [6, 6.07) is 13.3. The number of ether oxygens (including phenoxy) is 1. The molecule has 0 saturated carbocycles. The highest BCUT2D eigenvalue weighted by atomic mass is 32.2. The second kappa shape index (κ2) is 10.4. The Hall–Kier alpha value is -3.33. The highest BCUT2D eigenvalue weighted by Gasteiger charge is 2.30. The van der Waals surface area contributed by atoms with E-state index in [2.05, 4.69) is 47.2 Å². The van der Waals surface area contributed by atoms with E-state index in [1.807, 2.05) is 24.3 Å². The van der Waals surface area contributed by atoms with Gasteiger partial charge in [-0.05, 0) is 31.0 Å². The number of benzene rings is 1. The number of anilines is 1. The van der Waals surface area contributed by atoms with Crippen LogP contribution in [0.15, 0.2) is 42.7 Å². The van der Waals surface area contributed by atoms with Gasteiger partial charge in [0.15, 0.2) is 11.5 Å². The van der Waals surface area contributed by atoms with Crippen LogP contribution in [-0.4, -0.2) is 60.9 Å². The van der Waals surface area contributed by atoms with Gasteiger partial charge >= 0.3 is 0 Å². The number of nitrogens with one attached hydrogen (secondary N) is 1. The molecule has 38 heavy (non-hydrogen) atoms. The SMILES string of the molecule is C[Si](C)(C)CCOCNc1c(C#N)c(C2CCS(=O)(=O)CC2)nc2c(-c3cnc4ccccc4c3)cnn12. The van der Waals surface area contributed by atoms with E-state index in [0.29, 0.717) is 42.2 Å². The molecule has 9 nitrogen and oxygen atoms in total. The third-order valence-corrected chi connectivity index (χ3v) is 10.4.